The third-order valence-corrected chi connectivity index (χ3v) is 3.56. The maximum atomic E-state index is 11.0. The zero-order valence-corrected chi connectivity index (χ0v) is 10.7. The highest BCUT2D eigenvalue weighted by molar-refractivity contribution is 5.85. The van der Waals surface area contributed by atoms with Crippen molar-refractivity contribution in [2.24, 2.45) is 0 Å². The van der Waals surface area contributed by atoms with Gasteiger partial charge >= 0.3 is 5.97 Å². The third-order valence-electron chi connectivity index (χ3n) is 3.56. The van der Waals surface area contributed by atoms with Gasteiger partial charge in [0.2, 0.25) is 0 Å². The molecule has 2 aromatic rings. The van der Waals surface area contributed by atoms with Crippen LogP contribution in [0.5, 0.6) is 0 Å². The number of likely N-dealkylation sites (N-methyl/N-ethyl adjacent to an activating group) is 1. The molecule has 19 heavy (non-hydrogen) atoms. The first-order chi connectivity index (χ1) is 9.15. The van der Waals surface area contributed by atoms with E-state index in [2.05, 4.69) is 22.0 Å². The van der Waals surface area contributed by atoms with Crippen LogP contribution in [0.3, 0.4) is 0 Å². The molecule has 1 aromatic heterocycles. The molecule has 1 unspecified atom stereocenters. The van der Waals surface area contributed by atoms with Crippen LogP contribution in [0.15, 0.2) is 36.5 Å². The van der Waals surface area contributed by atoms with Gasteiger partial charge in [-0.05, 0) is 12.6 Å². The molecule has 0 amide bonds. The lowest BCUT2D eigenvalue weighted by Gasteiger charge is -2.33. The molecule has 1 aromatic carbocycles. The second-order valence-corrected chi connectivity index (χ2v) is 4.84. The van der Waals surface area contributed by atoms with Crippen LogP contribution in [0.1, 0.15) is 27.9 Å². The quantitative estimate of drug-likeness (QED) is 0.890. The van der Waals surface area contributed by atoms with E-state index in [0.717, 1.165) is 12.4 Å². The molecule has 0 spiro atoms. The van der Waals surface area contributed by atoms with Crippen LogP contribution in [-0.4, -0.2) is 32.6 Å². The van der Waals surface area contributed by atoms with Gasteiger partial charge in [-0.25, -0.2) is 9.78 Å². The van der Waals surface area contributed by atoms with E-state index in [1.165, 1.54) is 5.56 Å². The third kappa shape index (κ3) is 2.13. The van der Waals surface area contributed by atoms with Crippen molar-refractivity contribution >= 4 is 5.97 Å². The normalized spacial score (nSPS) is 19.1. The number of imidazole rings is 1. The maximum absolute atomic E-state index is 11.0. The predicted molar refractivity (Wildman–Crippen MR) is 69.8 cm³/mol. The number of aromatic carboxylic acids is 1. The lowest BCUT2D eigenvalue weighted by molar-refractivity contribution is 0.0691. The van der Waals surface area contributed by atoms with E-state index in [4.69, 9.17) is 5.11 Å². The summed E-state index contributed by atoms with van der Waals surface area (Å²) >= 11 is 0. The highest BCUT2D eigenvalue weighted by Crippen LogP contribution is 2.27. The molecule has 1 N–H and O–H groups in total. The summed E-state index contributed by atoms with van der Waals surface area (Å²) in [6.45, 7) is 1.39. The van der Waals surface area contributed by atoms with Crippen LogP contribution in [0.4, 0.5) is 0 Å². The Balaban J connectivity index is 1.93. The summed E-state index contributed by atoms with van der Waals surface area (Å²) in [6.07, 6.45) is 1.63. The van der Waals surface area contributed by atoms with E-state index in [-0.39, 0.29) is 11.7 Å². The fraction of sp³-hybridized carbons (Fsp3) is 0.286. The maximum Gasteiger partial charge on any atom is 0.356 e. The van der Waals surface area contributed by atoms with Crippen LogP contribution in [0.25, 0.3) is 0 Å². The molecule has 5 nitrogen and oxygen atoms in total. The number of nitrogens with zero attached hydrogens (tertiary/aromatic N) is 3. The molecule has 5 heteroatoms. The Bertz CT molecular complexity index is 606. The molecular weight excluding hydrogens is 242 g/mol. The molecule has 0 saturated heterocycles. The van der Waals surface area contributed by atoms with E-state index in [1.54, 1.807) is 6.20 Å². The Kier molecular flexibility index (Phi) is 2.83. The molecule has 3 rings (SSSR count). The first kappa shape index (κ1) is 11.9. The Labute approximate surface area is 111 Å². The van der Waals surface area contributed by atoms with Crippen molar-refractivity contribution in [1.29, 1.82) is 0 Å². The largest absolute Gasteiger partial charge is 0.476 e. The SMILES string of the molecule is CN1Cc2nc(C(=O)O)cn2CC1c1ccccc1. The highest BCUT2D eigenvalue weighted by atomic mass is 16.4. The molecule has 2 heterocycles. The molecule has 0 radical (unpaired) electrons. The number of rotatable bonds is 2. The van der Waals surface area contributed by atoms with Gasteiger partial charge in [0, 0.05) is 12.7 Å². The van der Waals surface area contributed by atoms with Crippen molar-refractivity contribution in [3.8, 4) is 0 Å². The Morgan fingerprint density at radius 1 is 1.37 bits per heavy atom. The predicted octanol–water partition coefficient (Wildman–Crippen LogP) is 1.77. The fourth-order valence-corrected chi connectivity index (χ4v) is 2.54. The van der Waals surface area contributed by atoms with Gasteiger partial charge in [0.25, 0.3) is 0 Å². The molecule has 1 aliphatic heterocycles. The second kappa shape index (κ2) is 4.51. The van der Waals surface area contributed by atoms with Crippen molar-refractivity contribution in [3.05, 3.63) is 53.6 Å². The fourth-order valence-electron chi connectivity index (χ4n) is 2.54. The topological polar surface area (TPSA) is 58.4 Å². The average Bonchev–Trinajstić information content (AvgIpc) is 2.82. The number of hydrogen-bond acceptors (Lipinski definition) is 3. The number of fused-ring (bicyclic) bond motifs is 1. The summed E-state index contributed by atoms with van der Waals surface area (Å²) in [5, 5.41) is 8.99. The number of carboxylic acids is 1. The van der Waals surface area contributed by atoms with Crippen LogP contribution in [0, 0.1) is 0 Å². The van der Waals surface area contributed by atoms with E-state index >= 15 is 0 Å². The molecule has 98 valence electrons. The average molecular weight is 257 g/mol. The second-order valence-electron chi connectivity index (χ2n) is 4.84. The van der Waals surface area contributed by atoms with Gasteiger partial charge in [-0.1, -0.05) is 30.3 Å². The lowest BCUT2D eigenvalue weighted by Crippen LogP contribution is -2.34. The van der Waals surface area contributed by atoms with E-state index in [1.807, 2.05) is 29.8 Å². The van der Waals surface area contributed by atoms with Gasteiger partial charge in [-0.2, -0.15) is 0 Å². The number of aromatic nitrogens is 2. The Hall–Kier alpha value is -2.14. The molecule has 0 aliphatic carbocycles. The summed E-state index contributed by atoms with van der Waals surface area (Å²) in [6, 6.07) is 10.5. The van der Waals surface area contributed by atoms with Crippen LogP contribution in [0.2, 0.25) is 0 Å². The van der Waals surface area contributed by atoms with Crippen LogP contribution in [-0.2, 0) is 13.1 Å². The minimum atomic E-state index is -0.971. The summed E-state index contributed by atoms with van der Waals surface area (Å²) < 4.78 is 1.95. The van der Waals surface area contributed by atoms with Crippen molar-refractivity contribution in [2.75, 3.05) is 7.05 Å². The minimum Gasteiger partial charge on any atom is -0.476 e. The molecule has 0 bridgehead atoms. The molecule has 0 fully saturated rings. The number of hydrogen-bond donors (Lipinski definition) is 1. The van der Waals surface area contributed by atoms with E-state index < -0.39 is 5.97 Å². The van der Waals surface area contributed by atoms with Gasteiger partial charge < -0.3 is 9.67 Å². The van der Waals surface area contributed by atoms with Gasteiger partial charge in [-0.3, -0.25) is 4.90 Å². The van der Waals surface area contributed by atoms with Crippen LogP contribution < -0.4 is 0 Å². The smallest absolute Gasteiger partial charge is 0.356 e. The van der Waals surface area contributed by atoms with Crippen LogP contribution >= 0.6 is 0 Å². The summed E-state index contributed by atoms with van der Waals surface area (Å²) in [5.41, 5.74) is 1.36. The molecular formula is C14H15N3O2. The zero-order valence-electron chi connectivity index (χ0n) is 10.7. The number of benzene rings is 1. The van der Waals surface area contributed by atoms with Gasteiger partial charge in [0.15, 0.2) is 5.69 Å². The zero-order chi connectivity index (χ0) is 13.4. The summed E-state index contributed by atoms with van der Waals surface area (Å²) in [5.74, 6) is -0.159. The summed E-state index contributed by atoms with van der Waals surface area (Å²) in [7, 11) is 2.04. The molecule has 0 saturated carbocycles. The van der Waals surface area contributed by atoms with Gasteiger partial charge in [-0.15, -0.1) is 0 Å². The molecule has 1 aliphatic rings. The minimum absolute atomic E-state index is 0.122. The van der Waals surface area contributed by atoms with E-state index in [0.29, 0.717) is 6.54 Å². The number of carbonyl (C=O) groups is 1. The standard InChI is InChI=1S/C14H15N3O2/c1-16-9-13-15-11(14(18)19)7-17(13)8-12(16)10-5-3-2-4-6-10/h2-7,12H,8-9H2,1H3,(H,18,19). The van der Waals surface area contributed by atoms with Gasteiger partial charge in [0.1, 0.15) is 5.82 Å². The lowest BCUT2D eigenvalue weighted by atomic mass is 10.0. The van der Waals surface area contributed by atoms with Gasteiger partial charge in [0.05, 0.1) is 12.6 Å². The Morgan fingerprint density at radius 2 is 2.11 bits per heavy atom. The Morgan fingerprint density at radius 3 is 2.79 bits per heavy atom. The van der Waals surface area contributed by atoms with Crippen molar-refractivity contribution < 1.29 is 9.90 Å². The first-order valence-corrected chi connectivity index (χ1v) is 6.19. The van der Waals surface area contributed by atoms with Crippen molar-refractivity contribution in [3.63, 3.8) is 0 Å². The van der Waals surface area contributed by atoms with Crippen molar-refractivity contribution in [2.45, 2.75) is 19.1 Å². The monoisotopic (exact) mass is 257 g/mol. The number of carboxylic acid groups (broad SMARTS) is 1. The molecule has 1 atom stereocenters. The first-order valence-electron chi connectivity index (χ1n) is 6.19. The van der Waals surface area contributed by atoms with E-state index in [9.17, 15) is 4.79 Å². The highest BCUT2D eigenvalue weighted by Gasteiger charge is 2.26. The van der Waals surface area contributed by atoms with Crippen molar-refractivity contribution in [1.82, 2.24) is 14.5 Å². The summed E-state index contributed by atoms with van der Waals surface area (Å²) in [4.78, 5) is 17.3.